The normalized spacial score (nSPS) is 11.9. The van der Waals surface area contributed by atoms with Gasteiger partial charge in [-0.05, 0) is 36.5 Å². The third-order valence-electron chi connectivity index (χ3n) is 5.52. The van der Waals surface area contributed by atoms with Gasteiger partial charge < -0.3 is 36.3 Å². The van der Waals surface area contributed by atoms with E-state index in [4.69, 9.17) is 10.6 Å². The van der Waals surface area contributed by atoms with E-state index in [9.17, 15) is 24.0 Å². The lowest BCUT2D eigenvalue weighted by atomic mass is 10.0. The predicted molar refractivity (Wildman–Crippen MR) is 147 cm³/mol. The third-order valence-corrected chi connectivity index (χ3v) is 5.52. The van der Waals surface area contributed by atoms with Gasteiger partial charge in [0.05, 0.1) is 6.54 Å². The molecule has 216 valence electrons. The first kappa shape index (κ1) is 32.9. The Hall–Kier alpha value is -4.13. The molecule has 0 spiro atoms. The van der Waals surface area contributed by atoms with Crippen LogP contribution >= 0.6 is 0 Å². The number of carbonyl (C=O) groups excluding carboxylic acids is 5. The molecule has 2 atom stereocenters. The van der Waals surface area contributed by atoms with Crippen LogP contribution < -0.4 is 32.4 Å². The molecular formula is C26H41N7O6. The molecule has 1 aromatic carbocycles. The number of nitrogens with one attached hydrogen (secondary N) is 5. The van der Waals surface area contributed by atoms with E-state index in [1.807, 2.05) is 6.92 Å². The maximum absolute atomic E-state index is 12.5. The highest BCUT2D eigenvalue weighted by Gasteiger charge is 2.24. The molecule has 0 radical (unpaired) electrons. The van der Waals surface area contributed by atoms with E-state index in [0.29, 0.717) is 24.2 Å². The topological polar surface area (TPSA) is 184 Å². The van der Waals surface area contributed by atoms with Crippen molar-refractivity contribution in [2.75, 3.05) is 25.0 Å². The van der Waals surface area contributed by atoms with Crippen LogP contribution in [-0.2, 0) is 30.5 Å². The molecule has 13 heteroatoms. The lowest BCUT2D eigenvalue weighted by Crippen LogP contribution is -2.53. The zero-order chi connectivity index (χ0) is 29.4. The van der Waals surface area contributed by atoms with E-state index in [1.165, 1.54) is 13.1 Å². The van der Waals surface area contributed by atoms with E-state index < -0.39 is 29.9 Å². The number of rotatable bonds is 16. The third kappa shape index (κ3) is 13.8. The predicted octanol–water partition coefficient (Wildman–Crippen LogP) is 0.732. The fourth-order valence-electron chi connectivity index (χ4n) is 3.37. The molecule has 39 heavy (non-hydrogen) atoms. The van der Waals surface area contributed by atoms with Crippen molar-refractivity contribution in [1.29, 1.82) is 0 Å². The minimum Gasteiger partial charge on any atom is -0.445 e. The molecular weight excluding hydrogens is 506 g/mol. The van der Waals surface area contributed by atoms with Crippen molar-refractivity contribution in [1.82, 2.24) is 26.3 Å². The van der Waals surface area contributed by atoms with Gasteiger partial charge in [-0.25, -0.2) is 10.6 Å². The number of ether oxygens (including phenoxy) is 1. The second-order valence-corrected chi connectivity index (χ2v) is 9.20. The first-order valence-corrected chi connectivity index (χ1v) is 12.7. The van der Waals surface area contributed by atoms with Gasteiger partial charge in [0.2, 0.25) is 23.6 Å². The summed E-state index contributed by atoms with van der Waals surface area (Å²) in [5.74, 6) is 3.78. The van der Waals surface area contributed by atoms with Crippen molar-refractivity contribution >= 4 is 35.4 Å². The first-order chi connectivity index (χ1) is 18.4. The molecule has 0 bridgehead atoms. The average molecular weight is 548 g/mol. The lowest BCUT2D eigenvalue weighted by Gasteiger charge is -2.22. The quantitative estimate of drug-likeness (QED) is 0.129. The monoisotopic (exact) mass is 547 g/mol. The summed E-state index contributed by atoms with van der Waals surface area (Å²) in [6.45, 7) is 10.3. The van der Waals surface area contributed by atoms with Crippen LogP contribution in [0, 0.1) is 5.92 Å². The van der Waals surface area contributed by atoms with Crippen molar-refractivity contribution in [3.8, 4) is 0 Å². The van der Waals surface area contributed by atoms with Crippen LogP contribution in [0.1, 0.15) is 46.1 Å². The van der Waals surface area contributed by atoms with Crippen LogP contribution in [0.4, 0.5) is 10.5 Å². The van der Waals surface area contributed by atoms with Crippen molar-refractivity contribution in [3.05, 3.63) is 42.6 Å². The molecule has 0 saturated carbocycles. The molecule has 0 heterocycles. The Bertz CT molecular complexity index is 984. The maximum atomic E-state index is 12.5. The number of nitrogens with two attached hydrogens (primary N) is 1. The van der Waals surface area contributed by atoms with Gasteiger partial charge in [0.15, 0.2) is 0 Å². The number of hydrazine groups is 1. The van der Waals surface area contributed by atoms with Gasteiger partial charge in [-0.3, -0.25) is 19.2 Å². The molecule has 1 rings (SSSR count). The molecule has 2 unspecified atom stereocenters. The number of hydrogen-bond acceptors (Lipinski definition) is 8. The Balaban J connectivity index is 2.43. The fourth-order valence-corrected chi connectivity index (χ4v) is 3.37. The Kier molecular flexibility index (Phi) is 14.7. The maximum Gasteiger partial charge on any atom is 0.407 e. The van der Waals surface area contributed by atoms with E-state index >= 15 is 0 Å². The van der Waals surface area contributed by atoms with Crippen LogP contribution in [0.15, 0.2) is 37.0 Å². The zero-order valence-electron chi connectivity index (χ0n) is 23.0. The van der Waals surface area contributed by atoms with Crippen LogP contribution in [0.5, 0.6) is 0 Å². The molecule has 0 aliphatic carbocycles. The van der Waals surface area contributed by atoms with E-state index in [1.54, 1.807) is 38.1 Å². The van der Waals surface area contributed by atoms with E-state index in [0.717, 1.165) is 11.4 Å². The molecule has 0 aliphatic heterocycles. The summed E-state index contributed by atoms with van der Waals surface area (Å²) in [5, 5.41) is 14.3. The fraction of sp³-hybridized carbons (Fsp3) is 0.500. The van der Waals surface area contributed by atoms with Gasteiger partial charge in [0, 0.05) is 31.4 Å². The summed E-state index contributed by atoms with van der Waals surface area (Å²) < 4.78 is 5.19. The van der Waals surface area contributed by atoms with Gasteiger partial charge >= 0.3 is 6.09 Å². The Morgan fingerprint density at radius 2 is 1.72 bits per heavy atom. The van der Waals surface area contributed by atoms with Gasteiger partial charge in [-0.2, -0.15) is 0 Å². The number of hydrogen-bond donors (Lipinski definition) is 6. The molecule has 0 fully saturated rings. The molecule has 0 saturated heterocycles. The molecule has 0 aliphatic rings. The highest BCUT2D eigenvalue weighted by atomic mass is 16.5. The SMILES string of the molecule is C=CN(N)CC(=O)NC(C(=O)NCC(=O)Nc1ccc(COC(=O)NCCC(CC)NC(C)=O)cc1)C(C)C. The van der Waals surface area contributed by atoms with Crippen molar-refractivity contribution in [3.63, 3.8) is 0 Å². The number of alkyl carbamates (subject to hydrolysis) is 1. The molecule has 13 nitrogen and oxygen atoms in total. The average Bonchev–Trinajstić information content (AvgIpc) is 2.88. The van der Waals surface area contributed by atoms with Crippen molar-refractivity contribution < 1.29 is 28.7 Å². The van der Waals surface area contributed by atoms with E-state index in [-0.39, 0.29) is 37.6 Å². The van der Waals surface area contributed by atoms with Gasteiger partial charge in [0.25, 0.3) is 0 Å². The molecule has 5 amide bonds. The van der Waals surface area contributed by atoms with Crippen LogP contribution in [-0.4, -0.2) is 66.4 Å². The Labute approximate surface area is 229 Å². The minimum atomic E-state index is -0.842. The molecule has 0 aromatic heterocycles. The van der Waals surface area contributed by atoms with Crippen LogP contribution in [0.25, 0.3) is 0 Å². The van der Waals surface area contributed by atoms with Crippen molar-refractivity contribution in [2.24, 2.45) is 11.8 Å². The lowest BCUT2D eigenvalue weighted by molar-refractivity contribution is -0.131. The molecule has 1 aromatic rings. The van der Waals surface area contributed by atoms with Gasteiger partial charge in [0.1, 0.15) is 19.2 Å². The van der Waals surface area contributed by atoms with Crippen LogP contribution in [0.3, 0.4) is 0 Å². The summed E-state index contributed by atoms with van der Waals surface area (Å²) in [4.78, 5) is 59.9. The standard InChI is InChI=1S/C26H41N7O6/c1-6-20(30-18(5)34)12-13-28-26(38)39-16-19-8-10-21(11-9-19)31-22(35)14-29-25(37)24(17(3)4)32-23(36)15-33(27)7-2/h7-11,17,20,24H,2,6,12-16,27H2,1,3-5H3,(H,28,38)(H,29,37)(H,30,34)(H,31,35)(H,32,36). The number of nitrogens with zero attached hydrogens (tertiary/aromatic N) is 1. The molecule has 7 N–H and O–H groups in total. The number of amides is 5. The summed E-state index contributed by atoms with van der Waals surface area (Å²) >= 11 is 0. The largest absolute Gasteiger partial charge is 0.445 e. The summed E-state index contributed by atoms with van der Waals surface area (Å²) in [6.07, 6.45) is 2.06. The summed E-state index contributed by atoms with van der Waals surface area (Å²) in [7, 11) is 0. The second-order valence-electron chi connectivity index (χ2n) is 9.20. The Morgan fingerprint density at radius 1 is 1.05 bits per heavy atom. The Morgan fingerprint density at radius 3 is 2.28 bits per heavy atom. The summed E-state index contributed by atoms with van der Waals surface area (Å²) in [6, 6.07) is 5.82. The van der Waals surface area contributed by atoms with Gasteiger partial charge in [-0.15, -0.1) is 0 Å². The number of benzene rings is 1. The van der Waals surface area contributed by atoms with Gasteiger partial charge in [-0.1, -0.05) is 39.5 Å². The van der Waals surface area contributed by atoms with Crippen LogP contribution in [0.2, 0.25) is 0 Å². The number of carbonyl (C=O) groups is 5. The second kappa shape index (κ2) is 17.4. The highest BCUT2D eigenvalue weighted by Crippen LogP contribution is 2.10. The van der Waals surface area contributed by atoms with E-state index in [2.05, 4.69) is 33.2 Å². The summed E-state index contributed by atoms with van der Waals surface area (Å²) in [5.41, 5.74) is 1.20. The smallest absolute Gasteiger partial charge is 0.407 e. The first-order valence-electron chi connectivity index (χ1n) is 12.7. The number of anilines is 1. The van der Waals surface area contributed by atoms with Crippen molar-refractivity contribution in [2.45, 2.75) is 59.2 Å². The zero-order valence-corrected chi connectivity index (χ0v) is 23.0. The highest BCUT2D eigenvalue weighted by molar-refractivity contribution is 5.96. The minimum absolute atomic E-state index is 0.0124.